The van der Waals surface area contributed by atoms with Crippen molar-refractivity contribution in [3.05, 3.63) is 66.1 Å². The van der Waals surface area contributed by atoms with Crippen LogP contribution in [0.4, 0.5) is 0 Å². The van der Waals surface area contributed by atoms with E-state index in [9.17, 15) is 0 Å². The number of aromatic amines is 2. The van der Waals surface area contributed by atoms with Crippen molar-refractivity contribution in [2.75, 3.05) is 0 Å². The first-order valence-electron chi connectivity index (χ1n) is 8.87. The van der Waals surface area contributed by atoms with Gasteiger partial charge in [-0.1, -0.05) is 0 Å². The molecule has 0 spiro atoms. The fourth-order valence-corrected chi connectivity index (χ4v) is 3.69. The Morgan fingerprint density at radius 3 is 3.15 bits per heavy atom. The first kappa shape index (κ1) is 14.6. The highest BCUT2D eigenvalue weighted by Crippen LogP contribution is 2.26. The molecule has 1 aliphatic rings. The van der Waals surface area contributed by atoms with Gasteiger partial charge in [-0.05, 0) is 24.3 Å². The zero-order chi connectivity index (χ0) is 17.8. The van der Waals surface area contributed by atoms with Crippen LogP contribution in [-0.4, -0.2) is 34.8 Å². The van der Waals surface area contributed by atoms with Crippen LogP contribution in [0.5, 0.6) is 0 Å². The lowest BCUT2D eigenvalue weighted by Gasteiger charge is -2.21. The molecular weight excluding hydrogens is 340 g/mol. The van der Waals surface area contributed by atoms with Crippen LogP contribution < -0.4 is 5.32 Å². The van der Waals surface area contributed by atoms with Gasteiger partial charge in [0.1, 0.15) is 5.82 Å². The third-order valence-corrected chi connectivity index (χ3v) is 5.16. The van der Waals surface area contributed by atoms with E-state index < -0.39 is 0 Å². The van der Waals surface area contributed by atoms with Crippen molar-refractivity contribution < 1.29 is 0 Å². The number of hydrogen-bond donors (Lipinski definition) is 3. The van der Waals surface area contributed by atoms with Gasteiger partial charge >= 0.3 is 0 Å². The summed E-state index contributed by atoms with van der Waals surface area (Å²) in [7, 11) is 0. The van der Waals surface area contributed by atoms with Crippen molar-refractivity contribution in [1.29, 1.82) is 0 Å². The standard InChI is InChI=1S/C19H16N8/c1-2-13-3-4-23-27(13)10-11(1)14-5-16-18(24-14)9-21-19(25-16)17-6-15-12(7-20-17)8-22-26-15/h1-5,8-10,17,20,24H,6-7H2,(H,22,26). The predicted octanol–water partition coefficient (Wildman–Crippen LogP) is 2.38. The van der Waals surface area contributed by atoms with Gasteiger partial charge in [-0.25, -0.2) is 14.5 Å². The molecule has 1 atom stereocenters. The highest BCUT2D eigenvalue weighted by atomic mass is 15.2. The lowest BCUT2D eigenvalue weighted by Crippen LogP contribution is -2.29. The van der Waals surface area contributed by atoms with Crippen molar-refractivity contribution in [2.24, 2.45) is 0 Å². The minimum Gasteiger partial charge on any atom is -0.352 e. The molecule has 27 heavy (non-hydrogen) atoms. The summed E-state index contributed by atoms with van der Waals surface area (Å²) in [5, 5.41) is 15.0. The Morgan fingerprint density at radius 1 is 1.15 bits per heavy atom. The molecule has 0 bridgehead atoms. The van der Waals surface area contributed by atoms with Crippen LogP contribution in [0.15, 0.2) is 49.1 Å². The summed E-state index contributed by atoms with van der Waals surface area (Å²) in [6, 6.07) is 8.27. The maximum atomic E-state index is 4.79. The molecule has 3 N–H and O–H groups in total. The Bertz CT molecular complexity index is 1280. The number of aromatic nitrogens is 7. The van der Waals surface area contributed by atoms with Crippen molar-refractivity contribution in [1.82, 2.24) is 40.1 Å². The second-order valence-electron chi connectivity index (χ2n) is 6.84. The van der Waals surface area contributed by atoms with E-state index in [0.717, 1.165) is 52.3 Å². The molecule has 132 valence electrons. The largest absolute Gasteiger partial charge is 0.352 e. The van der Waals surface area contributed by atoms with E-state index in [-0.39, 0.29) is 6.04 Å². The van der Waals surface area contributed by atoms with E-state index in [0.29, 0.717) is 0 Å². The molecule has 0 amide bonds. The molecule has 1 unspecified atom stereocenters. The van der Waals surface area contributed by atoms with Crippen LogP contribution in [-0.2, 0) is 13.0 Å². The summed E-state index contributed by atoms with van der Waals surface area (Å²) < 4.78 is 1.87. The summed E-state index contributed by atoms with van der Waals surface area (Å²) in [5.41, 5.74) is 7.33. The van der Waals surface area contributed by atoms with Gasteiger partial charge in [-0.3, -0.25) is 5.10 Å². The molecule has 0 radical (unpaired) electrons. The first-order chi connectivity index (χ1) is 13.3. The Hall–Kier alpha value is -3.52. The Morgan fingerprint density at radius 2 is 2.15 bits per heavy atom. The average molecular weight is 356 g/mol. The number of nitrogens with zero attached hydrogens (tertiary/aromatic N) is 5. The summed E-state index contributed by atoms with van der Waals surface area (Å²) in [5.74, 6) is 0.802. The van der Waals surface area contributed by atoms with Crippen LogP contribution in [0.2, 0.25) is 0 Å². The van der Waals surface area contributed by atoms with Gasteiger partial charge in [-0.15, -0.1) is 0 Å². The molecule has 8 heteroatoms. The van der Waals surface area contributed by atoms with E-state index in [4.69, 9.17) is 4.98 Å². The smallest absolute Gasteiger partial charge is 0.146 e. The summed E-state index contributed by atoms with van der Waals surface area (Å²) in [4.78, 5) is 12.8. The number of H-pyrrole nitrogens is 2. The molecular formula is C19H16N8. The molecule has 5 aromatic heterocycles. The van der Waals surface area contributed by atoms with E-state index in [2.05, 4.69) is 48.8 Å². The lowest BCUT2D eigenvalue weighted by molar-refractivity contribution is 0.473. The van der Waals surface area contributed by atoms with Crippen LogP contribution in [0.25, 0.3) is 27.8 Å². The number of hydrogen-bond acceptors (Lipinski definition) is 5. The highest BCUT2D eigenvalue weighted by molar-refractivity contribution is 5.82. The van der Waals surface area contributed by atoms with E-state index in [1.165, 1.54) is 5.56 Å². The third kappa shape index (κ3) is 2.34. The zero-order valence-electron chi connectivity index (χ0n) is 14.3. The normalized spacial score (nSPS) is 16.8. The van der Waals surface area contributed by atoms with Crippen LogP contribution in [0.1, 0.15) is 23.1 Å². The fraction of sp³-hybridized carbons (Fsp3) is 0.158. The molecule has 0 fully saturated rings. The van der Waals surface area contributed by atoms with E-state index >= 15 is 0 Å². The molecule has 5 aromatic rings. The van der Waals surface area contributed by atoms with Crippen molar-refractivity contribution in [3.8, 4) is 11.3 Å². The monoisotopic (exact) mass is 356 g/mol. The molecule has 6 rings (SSSR count). The Balaban J connectivity index is 1.37. The van der Waals surface area contributed by atoms with Crippen molar-refractivity contribution in [3.63, 3.8) is 0 Å². The summed E-state index contributed by atoms with van der Waals surface area (Å²) in [6.45, 7) is 0.778. The van der Waals surface area contributed by atoms with Gasteiger partial charge in [-0.2, -0.15) is 10.2 Å². The maximum absolute atomic E-state index is 4.79. The predicted molar refractivity (Wildman–Crippen MR) is 99.9 cm³/mol. The van der Waals surface area contributed by atoms with Gasteiger partial charge in [0, 0.05) is 47.9 Å². The second kappa shape index (κ2) is 5.49. The molecule has 0 saturated carbocycles. The number of pyridine rings is 1. The van der Waals surface area contributed by atoms with Gasteiger partial charge < -0.3 is 10.3 Å². The Kier molecular flexibility index (Phi) is 2.97. The molecule has 6 heterocycles. The molecule has 0 aromatic carbocycles. The molecule has 8 nitrogen and oxygen atoms in total. The number of rotatable bonds is 2. The number of nitrogens with one attached hydrogen (secondary N) is 3. The van der Waals surface area contributed by atoms with Gasteiger partial charge in [0.2, 0.25) is 0 Å². The number of fused-ring (bicyclic) bond motifs is 3. The van der Waals surface area contributed by atoms with Gasteiger partial charge in [0.15, 0.2) is 0 Å². The molecule has 0 aliphatic carbocycles. The summed E-state index contributed by atoms with van der Waals surface area (Å²) >= 11 is 0. The quantitative estimate of drug-likeness (QED) is 0.451. The van der Waals surface area contributed by atoms with Crippen LogP contribution >= 0.6 is 0 Å². The minimum atomic E-state index is 0.0844. The highest BCUT2D eigenvalue weighted by Gasteiger charge is 2.23. The average Bonchev–Trinajstić information content (AvgIpc) is 3.44. The van der Waals surface area contributed by atoms with Gasteiger partial charge in [0.05, 0.1) is 35.0 Å². The van der Waals surface area contributed by atoms with Crippen molar-refractivity contribution >= 4 is 16.6 Å². The topological polar surface area (TPSA) is 99.6 Å². The first-order valence-corrected chi connectivity index (χ1v) is 8.87. The van der Waals surface area contributed by atoms with Gasteiger partial charge in [0.25, 0.3) is 0 Å². The van der Waals surface area contributed by atoms with Crippen molar-refractivity contribution in [2.45, 2.75) is 19.0 Å². The third-order valence-electron chi connectivity index (χ3n) is 5.16. The molecule has 1 aliphatic heterocycles. The second-order valence-corrected chi connectivity index (χ2v) is 6.84. The van der Waals surface area contributed by atoms with E-state index in [1.54, 1.807) is 6.20 Å². The minimum absolute atomic E-state index is 0.0844. The van der Waals surface area contributed by atoms with Crippen LogP contribution in [0.3, 0.4) is 0 Å². The SMILES string of the molecule is c1cc2ccc(-c3cc4nc(C5Cc6[nH]ncc6CN5)ncc4[nH]3)cn2n1. The zero-order valence-corrected chi connectivity index (χ0v) is 14.3. The lowest BCUT2D eigenvalue weighted by atomic mass is 10.0. The molecule has 0 saturated heterocycles. The summed E-state index contributed by atoms with van der Waals surface area (Å²) in [6.07, 6.45) is 8.35. The fourth-order valence-electron chi connectivity index (χ4n) is 3.69. The maximum Gasteiger partial charge on any atom is 0.146 e. The Labute approximate surface area is 153 Å². The van der Waals surface area contributed by atoms with E-state index in [1.807, 2.05) is 29.2 Å². The van der Waals surface area contributed by atoms with Crippen LogP contribution in [0, 0.1) is 0 Å².